The maximum atomic E-state index is 11.8. The first-order valence-electron chi connectivity index (χ1n) is 6.73. The number of benzene rings is 2. The number of aromatic nitrogens is 2. The summed E-state index contributed by atoms with van der Waals surface area (Å²) in [5.74, 6) is 0.355. The van der Waals surface area contributed by atoms with Crippen molar-refractivity contribution in [3.63, 3.8) is 0 Å². The van der Waals surface area contributed by atoms with Gasteiger partial charge in [-0.15, -0.1) is 10.2 Å². The molecule has 23 heavy (non-hydrogen) atoms. The molecule has 0 amide bonds. The third kappa shape index (κ3) is 4.05. The highest BCUT2D eigenvalue weighted by atomic mass is 35.5. The van der Waals surface area contributed by atoms with Gasteiger partial charge in [-0.3, -0.25) is 0 Å². The summed E-state index contributed by atoms with van der Waals surface area (Å²) >= 11 is 5.88. The van der Waals surface area contributed by atoms with Crippen LogP contribution in [-0.4, -0.2) is 16.2 Å². The number of ether oxygens (including phenoxy) is 1. The summed E-state index contributed by atoms with van der Waals surface area (Å²) in [6, 6.07) is 14.0. The predicted octanol–water partition coefficient (Wildman–Crippen LogP) is 4.01. The molecule has 2 aromatic carbocycles. The summed E-state index contributed by atoms with van der Waals surface area (Å²) in [6.45, 7) is 0. The van der Waals surface area contributed by atoms with E-state index in [9.17, 15) is 4.79 Å². The minimum Gasteiger partial charge on any atom is -0.423 e. The van der Waals surface area contributed by atoms with Gasteiger partial charge in [-0.05, 0) is 48.0 Å². The van der Waals surface area contributed by atoms with E-state index in [1.807, 2.05) is 12.1 Å². The fourth-order valence-electron chi connectivity index (χ4n) is 1.89. The molecular weight excluding hydrogens is 316 g/mol. The van der Waals surface area contributed by atoms with Gasteiger partial charge in [0, 0.05) is 16.7 Å². The zero-order valence-electron chi connectivity index (χ0n) is 11.8. The monoisotopic (exact) mass is 326 g/mol. The van der Waals surface area contributed by atoms with Crippen LogP contribution >= 0.6 is 11.6 Å². The maximum Gasteiger partial charge on any atom is 0.336 e. The van der Waals surface area contributed by atoms with Crippen molar-refractivity contribution in [2.45, 2.75) is 0 Å². The number of nitrogens with zero attached hydrogens (tertiary/aromatic N) is 2. The third-order valence-electron chi connectivity index (χ3n) is 2.94. The molecule has 0 aliphatic rings. The number of carbonyl (C=O) groups excluding carboxylic acids is 1. The van der Waals surface area contributed by atoms with Crippen LogP contribution < -0.4 is 4.74 Å². The smallest absolute Gasteiger partial charge is 0.336 e. The van der Waals surface area contributed by atoms with Crippen LogP contribution in [0, 0.1) is 0 Å². The number of hydrogen-bond acceptors (Lipinski definition) is 5. The molecule has 0 saturated carbocycles. The Bertz CT molecular complexity index is 827. The highest BCUT2D eigenvalue weighted by Crippen LogP contribution is 2.20. The molecule has 1 aromatic heterocycles. The highest BCUT2D eigenvalue weighted by molar-refractivity contribution is 6.30. The Morgan fingerprint density at radius 2 is 2.00 bits per heavy atom. The summed E-state index contributed by atoms with van der Waals surface area (Å²) in [4.78, 5) is 11.8. The molecule has 0 radical (unpaired) electrons. The molecule has 0 N–H and O–H groups in total. The molecule has 114 valence electrons. The lowest BCUT2D eigenvalue weighted by Crippen LogP contribution is -2.03. The lowest BCUT2D eigenvalue weighted by atomic mass is 10.2. The van der Waals surface area contributed by atoms with Gasteiger partial charge >= 0.3 is 5.97 Å². The normalized spacial score (nSPS) is 10.8. The average Bonchev–Trinajstić information content (AvgIpc) is 3.08. The Kier molecular flexibility index (Phi) is 4.49. The van der Waals surface area contributed by atoms with Gasteiger partial charge in [0.1, 0.15) is 5.75 Å². The molecule has 0 aliphatic carbocycles. The van der Waals surface area contributed by atoms with Crippen molar-refractivity contribution in [2.24, 2.45) is 0 Å². The van der Waals surface area contributed by atoms with E-state index in [1.165, 1.54) is 12.5 Å². The summed E-state index contributed by atoms with van der Waals surface area (Å²) in [6.07, 6.45) is 4.24. The molecule has 0 atom stereocenters. The van der Waals surface area contributed by atoms with Crippen molar-refractivity contribution in [3.8, 4) is 17.2 Å². The molecule has 0 unspecified atom stereocenters. The largest absolute Gasteiger partial charge is 0.423 e. The zero-order chi connectivity index (χ0) is 16.1. The Morgan fingerprint density at radius 1 is 1.17 bits per heavy atom. The lowest BCUT2D eigenvalue weighted by molar-refractivity contribution is -0.128. The maximum absolute atomic E-state index is 11.8. The van der Waals surface area contributed by atoms with Crippen molar-refractivity contribution < 1.29 is 13.9 Å². The molecular formula is C17H11ClN2O3. The van der Waals surface area contributed by atoms with Gasteiger partial charge in [-0.2, -0.15) is 0 Å². The van der Waals surface area contributed by atoms with Crippen LogP contribution in [-0.2, 0) is 4.79 Å². The predicted molar refractivity (Wildman–Crippen MR) is 85.9 cm³/mol. The molecule has 0 fully saturated rings. The Hall–Kier alpha value is -2.92. The molecule has 0 aliphatic heterocycles. The topological polar surface area (TPSA) is 65.2 Å². The van der Waals surface area contributed by atoms with E-state index < -0.39 is 5.97 Å². The summed E-state index contributed by atoms with van der Waals surface area (Å²) < 4.78 is 10.3. The SMILES string of the molecule is O=C(/C=C/c1cccc(Cl)c1)Oc1ccc(-c2nnco2)cc1. The van der Waals surface area contributed by atoms with Crippen molar-refractivity contribution in [1.82, 2.24) is 10.2 Å². The number of esters is 1. The van der Waals surface area contributed by atoms with Crippen molar-refractivity contribution in [2.75, 3.05) is 0 Å². The van der Waals surface area contributed by atoms with Gasteiger partial charge in [0.15, 0.2) is 0 Å². The van der Waals surface area contributed by atoms with Crippen LogP contribution in [0.25, 0.3) is 17.5 Å². The molecule has 6 heteroatoms. The quantitative estimate of drug-likeness (QED) is 0.412. The van der Waals surface area contributed by atoms with Gasteiger partial charge in [0.25, 0.3) is 0 Å². The van der Waals surface area contributed by atoms with E-state index in [1.54, 1.807) is 42.5 Å². The Morgan fingerprint density at radius 3 is 2.70 bits per heavy atom. The Balaban J connectivity index is 1.64. The first-order valence-corrected chi connectivity index (χ1v) is 7.10. The standard InChI is InChI=1S/C17H11ClN2O3/c18-14-3-1-2-12(10-14)4-9-16(21)23-15-7-5-13(6-8-15)17-20-19-11-22-17/h1-11H/b9-4+. The van der Waals surface area contributed by atoms with E-state index >= 15 is 0 Å². The molecule has 0 saturated heterocycles. The number of halogens is 1. The van der Waals surface area contributed by atoms with E-state index in [0.29, 0.717) is 16.7 Å². The van der Waals surface area contributed by atoms with E-state index in [-0.39, 0.29) is 0 Å². The van der Waals surface area contributed by atoms with Crippen LogP contribution in [0.4, 0.5) is 0 Å². The summed E-state index contributed by atoms with van der Waals surface area (Å²) in [5.41, 5.74) is 1.57. The fraction of sp³-hybridized carbons (Fsp3) is 0. The van der Waals surface area contributed by atoms with E-state index in [2.05, 4.69) is 10.2 Å². The van der Waals surface area contributed by atoms with Crippen LogP contribution in [0.2, 0.25) is 5.02 Å². The van der Waals surface area contributed by atoms with E-state index in [0.717, 1.165) is 11.1 Å². The van der Waals surface area contributed by atoms with Crippen molar-refractivity contribution in [1.29, 1.82) is 0 Å². The van der Waals surface area contributed by atoms with Gasteiger partial charge in [-0.1, -0.05) is 23.7 Å². The van der Waals surface area contributed by atoms with Gasteiger partial charge in [0.2, 0.25) is 12.3 Å². The van der Waals surface area contributed by atoms with Crippen molar-refractivity contribution in [3.05, 3.63) is 71.6 Å². The molecule has 1 heterocycles. The number of carbonyl (C=O) groups is 1. The zero-order valence-corrected chi connectivity index (χ0v) is 12.6. The average molecular weight is 327 g/mol. The van der Waals surface area contributed by atoms with Gasteiger partial charge < -0.3 is 9.15 Å². The minimum absolute atomic E-state index is 0.406. The van der Waals surface area contributed by atoms with Gasteiger partial charge in [0.05, 0.1) is 0 Å². The highest BCUT2D eigenvalue weighted by Gasteiger charge is 2.05. The van der Waals surface area contributed by atoms with Crippen LogP contribution in [0.1, 0.15) is 5.56 Å². The van der Waals surface area contributed by atoms with Crippen LogP contribution in [0.15, 0.2) is 65.4 Å². The first kappa shape index (κ1) is 15.0. The molecule has 5 nitrogen and oxygen atoms in total. The number of hydrogen-bond donors (Lipinski definition) is 0. The lowest BCUT2D eigenvalue weighted by Gasteiger charge is -2.02. The number of rotatable bonds is 4. The summed E-state index contributed by atoms with van der Waals surface area (Å²) in [7, 11) is 0. The summed E-state index contributed by atoms with van der Waals surface area (Å²) in [5, 5.41) is 8.02. The second-order valence-electron chi connectivity index (χ2n) is 4.58. The van der Waals surface area contributed by atoms with E-state index in [4.69, 9.17) is 20.8 Å². The molecule has 3 rings (SSSR count). The van der Waals surface area contributed by atoms with Gasteiger partial charge in [-0.25, -0.2) is 4.79 Å². The molecule has 0 bridgehead atoms. The second-order valence-corrected chi connectivity index (χ2v) is 5.01. The van der Waals surface area contributed by atoms with Crippen molar-refractivity contribution >= 4 is 23.6 Å². The minimum atomic E-state index is -0.476. The fourth-order valence-corrected chi connectivity index (χ4v) is 2.09. The van der Waals surface area contributed by atoms with Crippen LogP contribution in [0.5, 0.6) is 5.75 Å². The second kappa shape index (κ2) is 6.89. The third-order valence-corrected chi connectivity index (χ3v) is 3.18. The molecule has 0 spiro atoms. The van der Waals surface area contributed by atoms with Crippen LogP contribution in [0.3, 0.4) is 0 Å². The molecule has 3 aromatic rings. The Labute approximate surface area is 137 Å². The first-order chi connectivity index (χ1) is 11.2.